The van der Waals surface area contributed by atoms with E-state index in [0.29, 0.717) is 39.0 Å². The Labute approximate surface area is 175 Å². The fraction of sp³-hybridized carbons (Fsp3) is 0.619. The Morgan fingerprint density at radius 3 is 3.00 bits per heavy atom. The molecule has 0 bridgehead atoms. The fourth-order valence-electron chi connectivity index (χ4n) is 3.56. The highest BCUT2D eigenvalue weighted by atomic mass is 32.1. The summed E-state index contributed by atoms with van der Waals surface area (Å²) in [6.07, 6.45) is 5.76. The van der Waals surface area contributed by atoms with E-state index in [2.05, 4.69) is 16.8 Å². The van der Waals surface area contributed by atoms with E-state index in [0.717, 1.165) is 31.4 Å². The van der Waals surface area contributed by atoms with Crippen LogP contribution in [0.3, 0.4) is 0 Å². The van der Waals surface area contributed by atoms with E-state index in [9.17, 15) is 9.59 Å². The van der Waals surface area contributed by atoms with Crippen LogP contribution in [0.25, 0.3) is 0 Å². The summed E-state index contributed by atoms with van der Waals surface area (Å²) in [6, 6.07) is 2.06. The van der Waals surface area contributed by atoms with Gasteiger partial charge in [-0.1, -0.05) is 0 Å². The predicted molar refractivity (Wildman–Crippen MR) is 110 cm³/mol. The van der Waals surface area contributed by atoms with E-state index in [1.807, 2.05) is 16.4 Å². The third-order valence-electron chi connectivity index (χ3n) is 5.17. The van der Waals surface area contributed by atoms with Gasteiger partial charge in [0.15, 0.2) is 5.76 Å². The Bertz CT molecular complexity index is 691. The summed E-state index contributed by atoms with van der Waals surface area (Å²) in [5.41, 5.74) is 1.15. The smallest absolute Gasteiger partial charge is 0.286 e. The van der Waals surface area contributed by atoms with Crippen LogP contribution in [0.2, 0.25) is 0 Å². The standard InChI is InChI=1S/C21H30N2O5S/c24-10-1-2-11-27-20-14-17(16-6-12-29-15-16)13-18(28-20)21(26)22-7-4-9-23-8-3-5-19(23)25/h6,12-13,15,17,20,24H,1-5,7-11,14H2,(H,22,26)/t17-,20+/m0/s1. The quantitative estimate of drug-likeness (QED) is 0.535. The van der Waals surface area contributed by atoms with Crippen molar-refractivity contribution in [1.82, 2.24) is 10.2 Å². The van der Waals surface area contributed by atoms with Gasteiger partial charge in [0.1, 0.15) is 0 Å². The summed E-state index contributed by atoms with van der Waals surface area (Å²) in [5, 5.41) is 15.9. The number of nitrogens with one attached hydrogen (secondary N) is 1. The first-order valence-electron chi connectivity index (χ1n) is 10.4. The van der Waals surface area contributed by atoms with E-state index in [1.54, 1.807) is 11.3 Å². The van der Waals surface area contributed by atoms with Gasteiger partial charge in [0.25, 0.3) is 5.91 Å². The van der Waals surface area contributed by atoms with E-state index >= 15 is 0 Å². The number of unbranched alkanes of at least 4 members (excludes halogenated alkanes) is 1. The van der Waals surface area contributed by atoms with Crippen LogP contribution < -0.4 is 5.32 Å². The van der Waals surface area contributed by atoms with Crippen molar-refractivity contribution >= 4 is 23.2 Å². The molecule has 0 radical (unpaired) electrons. The fourth-order valence-corrected chi connectivity index (χ4v) is 4.29. The predicted octanol–water partition coefficient (Wildman–Crippen LogP) is 2.38. The highest BCUT2D eigenvalue weighted by Crippen LogP contribution is 2.32. The number of hydrogen-bond acceptors (Lipinski definition) is 6. The second kappa shape index (κ2) is 11.3. The van der Waals surface area contributed by atoms with Gasteiger partial charge in [-0.05, 0) is 54.1 Å². The van der Waals surface area contributed by atoms with Gasteiger partial charge in [-0.25, -0.2) is 0 Å². The zero-order chi connectivity index (χ0) is 20.5. The molecule has 8 heteroatoms. The van der Waals surface area contributed by atoms with Crippen molar-refractivity contribution < 1.29 is 24.2 Å². The molecule has 0 spiro atoms. The van der Waals surface area contributed by atoms with E-state index in [-0.39, 0.29) is 30.1 Å². The topological polar surface area (TPSA) is 88.1 Å². The molecule has 29 heavy (non-hydrogen) atoms. The van der Waals surface area contributed by atoms with Crippen LogP contribution in [0.5, 0.6) is 0 Å². The molecule has 1 aromatic rings. The molecule has 1 saturated heterocycles. The van der Waals surface area contributed by atoms with Crippen LogP contribution in [0.4, 0.5) is 0 Å². The zero-order valence-electron chi connectivity index (χ0n) is 16.7. The molecule has 160 valence electrons. The molecule has 2 amide bonds. The van der Waals surface area contributed by atoms with Crippen LogP contribution in [0, 0.1) is 0 Å². The normalized spacial score (nSPS) is 21.8. The average Bonchev–Trinajstić information content (AvgIpc) is 3.40. The molecule has 0 aliphatic carbocycles. The third-order valence-corrected chi connectivity index (χ3v) is 5.87. The number of carbonyl (C=O) groups excluding carboxylic acids is 2. The van der Waals surface area contributed by atoms with Crippen molar-refractivity contribution in [2.24, 2.45) is 0 Å². The summed E-state index contributed by atoms with van der Waals surface area (Å²) in [6.45, 7) is 2.61. The number of hydrogen-bond donors (Lipinski definition) is 2. The first-order valence-corrected chi connectivity index (χ1v) is 11.3. The van der Waals surface area contributed by atoms with Crippen LogP contribution >= 0.6 is 11.3 Å². The van der Waals surface area contributed by atoms with Crippen molar-refractivity contribution in [1.29, 1.82) is 0 Å². The lowest BCUT2D eigenvalue weighted by Gasteiger charge is -2.29. The molecule has 0 aromatic carbocycles. The number of amides is 2. The number of thiophene rings is 1. The molecular weight excluding hydrogens is 392 g/mol. The number of likely N-dealkylation sites (tertiary alicyclic amines) is 1. The Hall–Kier alpha value is -1.90. The second-order valence-electron chi connectivity index (χ2n) is 7.37. The number of aliphatic hydroxyl groups is 1. The number of nitrogens with zero attached hydrogens (tertiary/aromatic N) is 1. The Kier molecular flexibility index (Phi) is 8.52. The maximum absolute atomic E-state index is 12.6. The molecule has 2 aliphatic rings. The second-order valence-corrected chi connectivity index (χ2v) is 8.15. The summed E-state index contributed by atoms with van der Waals surface area (Å²) >= 11 is 1.63. The Morgan fingerprint density at radius 1 is 1.38 bits per heavy atom. The molecule has 3 heterocycles. The Morgan fingerprint density at radius 2 is 2.28 bits per heavy atom. The van der Waals surface area contributed by atoms with Crippen molar-refractivity contribution in [3.8, 4) is 0 Å². The lowest BCUT2D eigenvalue weighted by Crippen LogP contribution is -2.35. The first-order chi connectivity index (χ1) is 14.2. The van der Waals surface area contributed by atoms with Gasteiger partial charge in [-0.3, -0.25) is 9.59 Å². The molecule has 2 N–H and O–H groups in total. The first kappa shape index (κ1) is 21.8. The molecule has 2 atom stereocenters. The molecule has 2 aliphatic heterocycles. The molecule has 1 fully saturated rings. The van der Waals surface area contributed by atoms with Gasteiger partial charge in [-0.2, -0.15) is 11.3 Å². The van der Waals surface area contributed by atoms with Crippen molar-refractivity contribution in [2.75, 3.05) is 32.8 Å². The maximum atomic E-state index is 12.6. The monoisotopic (exact) mass is 422 g/mol. The largest absolute Gasteiger partial charge is 0.459 e. The molecule has 3 rings (SSSR count). The molecule has 0 saturated carbocycles. The molecule has 7 nitrogen and oxygen atoms in total. The van der Waals surface area contributed by atoms with Crippen molar-refractivity contribution in [3.63, 3.8) is 0 Å². The van der Waals surface area contributed by atoms with Crippen LogP contribution in [0.1, 0.15) is 50.0 Å². The van der Waals surface area contributed by atoms with E-state index in [1.165, 1.54) is 0 Å². The summed E-state index contributed by atoms with van der Waals surface area (Å²) < 4.78 is 11.6. The van der Waals surface area contributed by atoms with Gasteiger partial charge in [0.2, 0.25) is 12.2 Å². The van der Waals surface area contributed by atoms with Crippen LogP contribution in [-0.2, 0) is 19.1 Å². The molecule has 0 unspecified atom stereocenters. The summed E-state index contributed by atoms with van der Waals surface area (Å²) in [5.74, 6) is 0.314. The highest BCUT2D eigenvalue weighted by molar-refractivity contribution is 7.08. The minimum atomic E-state index is -0.480. The van der Waals surface area contributed by atoms with Gasteiger partial charge in [-0.15, -0.1) is 0 Å². The number of aliphatic hydroxyl groups excluding tert-OH is 1. The molecular formula is C21H30N2O5S. The van der Waals surface area contributed by atoms with E-state index in [4.69, 9.17) is 14.6 Å². The average molecular weight is 423 g/mol. The van der Waals surface area contributed by atoms with Crippen molar-refractivity contribution in [3.05, 3.63) is 34.2 Å². The lowest BCUT2D eigenvalue weighted by molar-refractivity contribution is -0.146. The number of ether oxygens (including phenoxy) is 2. The van der Waals surface area contributed by atoms with Gasteiger partial charge in [0.05, 0.1) is 6.61 Å². The lowest BCUT2D eigenvalue weighted by atomic mass is 9.95. The van der Waals surface area contributed by atoms with Crippen LogP contribution in [0.15, 0.2) is 28.7 Å². The number of allylic oxidation sites excluding steroid dienone is 1. The Balaban J connectivity index is 1.51. The van der Waals surface area contributed by atoms with E-state index < -0.39 is 6.29 Å². The van der Waals surface area contributed by atoms with Crippen molar-refractivity contribution in [2.45, 2.75) is 50.7 Å². The van der Waals surface area contributed by atoms with Gasteiger partial charge >= 0.3 is 0 Å². The zero-order valence-corrected chi connectivity index (χ0v) is 17.5. The van der Waals surface area contributed by atoms with Gasteiger partial charge < -0.3 is 24.8 Å². The number of carbonyl (C=O) groups is 2. The SMILES string of the molecule is O=C(NCCCN1CCCC1=O)C1=C[C@H](c2ccsc2)C[C@H](OCCCCO)O1. The minimum absolute atomic E-state index is 0.0702. The van der Waals surface area contributed by atoms with Gasteiger partial charge in [0, 0.05) is 45.0 Å². The maximum Gasteiger partial charge on any atom is 0.286 e. The highest BCUT2D eigenvalue weighted by Gasteiger charge is 2.29. The molecule has 1 aromatic heterocycles. The number of rotatable bonds is 11. The summed E-state index contributed by atoms with van der Waals surface area (Å²) in [7, 11) is 0. The van der Waals surface area contributed by atoms with Crippen LogP contribution in [-0.4, -0.2) is 61.0 Å². The third kappa shape index (κ3) is 6.55. The summed E-state index contributed by atoms with van der Waals surface area (Å²) in [4.78, 5) is 26.1. The minimum Gasteiger partial charge on any atom is -0.459 e.